The quantitative estimate of drug-likeness (QED) is 0.575. The first-order valence-corrected chi connectivity index (χ1v) is 3.93. The van der Waals surface area contributed by atoms with Crippen molar-refractivity contribution in [2.45, 2.75) is 33.2 Å². The summed E-state index contributed by atoms with van der Waals surface area (Å²) in [4.78, 5) is 4.40. The van der Waals surface area contributed by atoms with Crippen LogP contribution in [0.25, 0.3) is 0 Å². The molecule has 0 aromatic rings. The van der Waals surface area contributed by atoms with Gasteiger partial charge in [0.15, 0.2) is 5.90 Å². The molecule has 0 aliphatic carbocycles. The molecule has 0 N–H and O–H groups in total. The highest BCUT2D eigenvalue weighted by atomic mass is 16.5. The first-order chi connectivity index (χ1) is 4.74. The largest absolute Gasteiger partial charge is 0.479 e. The lowest BCUT2D eigenvalue weighted by Gasteiger charge is -2.06. The van der Waals surface area contributed by atoms with E-state index < -0.39 is 0 Å². The van der Waals surface area contributed by atoms with E-state index in [-0.39, 0.29) is 0 Å². The number of ether oxygens (including phenoxy) is 1. The fraction of sp³-hybridized carbons (Fsp3) is 0.875. The van der Waals surface area contributed by atoms with Crippen LogP contribution in [0.3, 0.4) is 0 Å². The molecule has 2 heteroatoms. The molecule has 1 heterocycles. The molecular formula is C8H15NO. The third kappa shape index (κ3) is 1.49. The zero-order valence-electron chi connectivity index (χ0n) is 6.92. The minimum Gasteiger partial charge on any atom is -0.479 e. The normalized spacial score (nSPS) is 24.8. The summed E-state index contributed by atoms with van der Waals surface area (Å²) < 4.78 is 5.33. The molecule has 58 valence electrons. The van der Waals surface area contributed by atoms with Crippen LogP contribution >= 0.6 is 0 Å². The molecule has 1 unspecified atom stereocenters. The van der Waals surface area contributed by atoms with Crippen molar-refractivity contribution in [3.63, 3.8) is 0 Å². The molecule has 1 aliphatic heterocycles. The molecule has 0 saturated carbocycles. The van der Waals surface area contributed by atoms with Crippen LogP contribution in [0.15, 0.2) is 4.99 Å². The van der Waals surface area contributed by atoms with Crippen LogP contribution in [0.5, 0.6) is 0 Å². The molecular weight excluding hydrogens is 126 g/mol. The summed E-state index contributed by atoms with van der Waals surface area (Å²) in [6, 6.07) is 0.412. The second-order valence-corrected chi connectivity index (χ2v) is 3.00. The standard InChI is InChI=1S/C8H15NO/c1-4-8-9-7(5-10-8)6(2)3/h6-7H,4-5H2,1-3H3. The summed E-state index contributed by atoms with van der Waals surface area (Å²) in [6.07, 6.45) is 0.934. The molecule has 0 aromatic carbocycles. The van der Waals surface area contributed by atoms with E-state index in [1.807, 2.05) is 0 Å². The Morgan fingerprint density at radius 3 is 2.70 bits per heavy atom. The Bertz CT molecular complexity index is 140. The highest BCUT2D eigenvalue weighted by Crippen LogP contribution is 2.14. The maximum Gasteiger partial charge on any atom is 0.183 e. The lowest BCUT2D eigenvalue weighted by atomic mass is 10.1. The van der Waals surface area contributed by atoms with Crippen molar-refractivity contribution in [1.29, 1.82) is 0 Å². The first kappa shape index (κ1) is 7.58. The zero-order chi connectivity index (χ0) is 7.56. The average Bonchev–Trinajstić information content (AvgIpc) is 2.34. The van der Waals surface area contributed by atoms with Gasteiger partial charge in [0.1, 0.15) is 6.61 Å². The van der Waals surface area contributed by atoms with E-state index in [1.54, 1.807) is 0 Å². The smallest absolute Gasteiger partial charge is 0.183 e. The monoisotopic (exact) mass is 141 g/mol. The number of hydrogen-bond acceptors (Lipinski definition) is 2. The second-order valence-electron chi connectivity index (χ2n) is 3.00. The van der Waals surface area contributed by atoms with Crippen molar-refractivity contribution in [2.24, 2.45) is 10.9 Å². The molecule has 1 atom stereocenters. The van der Waals surface area contributed by atoms with Gasteiger partial charge in [0.05, 0.1) is 6.04 Å². The minimum absolute atomic E-state index is 0.412. The molecule has 0 bridgehead atoms. The van der Waals surface area contributed by atoms with E-state index in [0.29, 0.717) is 12.0 Å². The van der Waals surface area contributed by atoms with Gasteiger partial charge in [0.25, 0.3) is 0 Å². The maximum absolute atomic E-state index is 5.33. The van der Waals surface area contributed by atoms with Crippen LogP contribution in [0.4, 0.5) is 0 Å². The van der Waals surface area contributed by atoms with Crippen molar-refractivity contribution in [2.75, 3.05) is 6.61 Å². The van der Waals surface area contributed by atoms with Gasteiger partial charge in [-0.1, -0.05) is 20.8 Å². The third-order valence-corrected chi connectivity index (χ3v) is 1.80. The number of nitrogens with zero attached hydrogens (tertiary/aromatic N) is 1. The van der Waals surface area contributed by atoms with Crippen LogP contribution in [-0.4, -0.2) is 18.5 Å². The molecule has 0 radical (unpaired) electrons. The van der Waals surface area contributed by atoms with Gasteiger partial charge in [0.2, 0.25) is 0 Å². The van der Waals surface area contributed by atoms with Gasteiger partial charge in [0, 0.05) is 6.42 Å². The summed E-state index contributed by atoms with van der Waals surface area (Å²) in [5, 5.41) is 0. The first-order valence-electron chi connectivity index (χ1n) is 3.93. The Hall–Kier alpha value is -0.530. The van der Waals surface area contributed by atoms with Gasteiger partial charge >= 0.3 is 0 Å². The molecule has 10 heavy (non-hydrogen) atoms. The van der Waals surface area contributed by atoms with E-state index in [9.17, 15) is 0 Å². The highest BCUT2D eigenvalue weighted by Gasteiger charge is 2.19. The third-order valence-electron chi connectivity index (χ3n) is 1.80. The average molecular weight is 141 g/mol. The lowest BCUT2D eigenvalue weighted by molar-refractivity contribution is 0.286. The van der Waals surface area contributed by atoms with Crippen molar-refractivity contribution in [3.8, 4) is 0 Å². The molecule has 0 aromatic heterocycles. The molecule has 0 spiro atoms. The Morgan fingerprint density at radius 2 is 2.40 bits per heavy atom. The molecule has 0 amide bonds. The van der Waals surface area contributed by atoms with Crippen LogP contribution in [-0.2, 0) is 4.74 Å². The van der Waals surface area contributed by atoms with Gasteiger partial charge in [-0.3, -0.25) is 0 Å². The Balaban J connectivity index is 2.47. The van der Waals surface area contributed by atoms with Crippen molar-refractivity contribution >= 4 is 5.90 Å². The van der Waals surface area contributed by atoms with E-state index in [0.717, 1.165) is 18.9 Å². The van der Waals surface area contributed by atoms with Gasteiger partial charge in [-0.2, -0.15) is 0 Å². The SMILES string of the molecule is CCC1=NC(C(C)C)CO1. The molecule has 1 aliphatic rings. The molecule has 0 fully saturated rings. The second kappa shape index (κ2) is 3.04. The van der Waals surface area contributed by atoms with Crippen LogP contribution in [0.1, 0.15) is 27.2 Å². The Kier molecular flexibility index (Phi) is 2.30. The number of hydrogen-bond donors (Lipinski definition) is 0. The molecule has 0 saturated heterocycles. The summed E-state index contributed by atoms with van der Waals surface area (Å²) in [5.74, 6) is 1.54. The van der Waals surface area contributed by atoms with Crippen molar-refractivity contribution in [1.82, 2.24) is 0 Å². The van der Waals surface area contributed by atoms with E-state index >= 15 is 0 Å². The van der Waals surface area contributed by atoms with Gasteiger partial charge in [-0.25, -0.2) is 4.99 Å². The minimum atomic E-state index is 0.412. The summed E-state index contributed by atoms with van der Waals surface area (Å²) in [6.45, 7) is 7.22. The van der Waals surface area contributed by atoms with Crippen LogP contribution < -0.4 is 0 Å². The fourth-order valence-electron chi connectivity index (χ4n) is 0.976. The predicted molar refractivity (Wildman–Crippen MR) is 42.3 cm³/mol. The molecule has 1 rings (SSSR count). The summed E-state index contributed by atoms with van der Waals surface area (Å²) >= 11 is 0. The van der Waals surface area contributed by atoms with Crippen LogP contribution in [0, 0.1) is 5.92 Å². The van der Waals surface area contributed by atoms with E-state index in [4.69, 9.17) is 4.74 Å². The fourth-order valence-corrected chi connectivity index (χ4v) is 0.976. The zero-order valence-corrected chi connectivity index (χ0v) is 6.92. The van der Waals surface area contributed by atoms with Gasteiger partial charge in [-0.15, -0.1) is 0 Å². The summed E-state index contributed by atoms with van der Waals surface area (Å²) in [7, 11) is 0. The molecule has 2 nitrogen and oxygen atoms in total. The van der Waals surface area contributed by atoms with Crippen LogP contribution in [0.2, 0.25) is 0 Å². The van der Waals surface area contributed by atoms with Gasteiger partial charge in [-0.05, 0) is 5.92 Å². The predicted octanol–water partition coefficient (Wildman–Crippen LogP) is 1.85. The number of rotatable bonds is 2. The van der Waals surface area contributed by atoms with E-state index in [2.05, 4.69) is 25.8 Å². The van der Waals surface area contributed by atoms with Crippen molar-refractivity contribution < 1.29 is 4.74 Å². The highest BCUT2D eigenvalue weighted by molar-refractivity contribution is 5.77. The van der Waals surface area contributed by atoms with Gasteiger partial charge < -0.3 is 4.74 Å². The Labute approximate surface area is 62.3 Å². The van der Waals surface area contributed by atoms with E-state index in [1.165, 1.54) is 0 Å². The Morgan fingerprint density at radius 1 is 1.70 bits per heavy atom. The number of aliphatic imine (C=N–C) groups is 1. The lowest BCUT2D eigenvalue weighted by Crippen LogP contribution is -2.13. The topological polar surface area (TPSA) is 21.6 Å². The van der Waals surface area contributed by atoms with Crippen molar-refractivity contribution in [3.05, 3.63) is 0 Å². The summed E-state index contributed by atoms with van der Waals surface area (Å²) in [5.41, 5.74) is 0. The maximum atomic E-state index is 5.33.